The van der Waals surface area contributed by atoms with E-state index in [1.165, 1.54) is 12.3 Å². The van der Waals surface area contributed by atoms with Crippen molar-refractivity contribution < 1.29 is 4.79 Å². The molecule has 0 atom stereocenters. The Labute approximate surface area is 118 Å². The summed E-state index contributed by atoms with van der Waals surface area (Å²) in [7, 11) is 3.92. The molecule has 2 heterocycles. The highest BCUT2D eigenvalue weighted by atomic mass is 35.5. The van der Waals surface area contributed by atoms with Crippen LogP contribution in [-0.4, -0.2) is 53.9 Å². The van der Waals surface area contributed by atoms with Gasteiger partial charge in [0.05, 0.1) is 10.6 Å². The first-order valence-corrected chi connectivity index (χ1v) is 6.73. The minimum absolute atomic E-state index is 0.0892. The molecule has 1 aliphatic heterocycles. The molecule has 104 valence electrons. The number of amides is 1. The van der Waals surface area contributed by atoms with Gasteiger partial charge >= 0.3 is 0 Å². The molecule has 0 radical (unpaired) electrons. The Balaban J connectivity index is 2.12. The lowest BCUT2D eigenvalue weighted by Gasteiger charge is -2.35. The van der Waals surface area contributed by atoms with Crippen LogP contribution >= 0.6 is 11.6 Å². The van der Waals surface area contributed by atoms with Crippen molar-refractivity contribution >= 4 is 23.3 Å². The number of hydrogen-bond acceptors (Lipinski definition) is 4. The molecule has 1 aromatic rings. The highest BCUT2D eigenvalue weighted by Gasteiger charge is 2.26. The summed E-state index contributed by atoms with van der Waals surface area (Å²) in [5.41, 5.74) is 6.04. The molecule has 1 saturated heterocycles. The summed E-state index contributed by atoms with van der Waals surface area (Å²) in [5, 5.41) is 0.346. The molecule has 5 nitrogen and oxygen atoms in total. The molecule has 0 bridgehead atoms. The topological polar surface area (TPSA) is 62.5 Å². The molecule has 0 unspecified atom stereocenters. The van der Waals surface area contributed by atoms with Crippen molar-refractivity contribution in [1.29, 1.82) is 0 Å². The van der Waals surface area contributed by atoms with Gasteiger partial charge < -0.3 is 15.5 Å². The van der Waals surface area contributed by atoms with E-state index in [9.17, 15) is 4.79 Å². The molecule has 2 rings (SSSR count). The number of carbonyl (C=O) groups is 1. The normalized spacial score (nSPS) is 17.4. The number of piperidine rings is 1. The Bertz CT molecular complexity index is 472. The Morgan fingerprint density at radius 3 is 2.79 bits per heavy atom. The van der Waals surface area contributed by atoms with Crippen LogP contribution in [0, 0.1) is 0 Å². The maximum atomic E-state index is 12.4. The molecule has 19 heavy (non-hydrogen) atoms. The number of nitrogens with two attached hydrogens (primary N) is 1. The van der Waals surface area contributed by atoms with Gasteiger partial charge in [-0.1, -0.05) is 11.6 Å². The summed E-state index contributed by atoms with van der Waals surface area (Å²) >= 11 is 6.02. The van der Waals surface area contributed by atoms with Crippen LogP contribution < -0.4 is 5.73 Å². The molecule has 6 heteroatoms. The summed E-state index contributed by atoms with van der Waals surface area (Å²) in [6, 6.07) is 1.80. The summed E-state index contributed by atoms with van der Waals surface area (Å²) in [5.74, 6) is 0.221. The minimum Gasteiger partial charge on any atom is -0.384 e. The maximum Gasteiger partial charge on any atom is 0.255 e. The second kappa shape index (κ2) is 5.75. The van der Waals surface area contributed by atoms with Crippen LogP contribution in [-0.2, 0) is 0 Å². The molecule has 2 N–H and O–H groups in total. The molecule has 1 amide bonds. The summed E-state index contributed by atoms with van der Waals surface area (Å²) in [4.78, 5) is 20.4. The number of carbonyl (C=O) groups excluding carboxylic acids is 1. The molecule has 1 fully saturated rings. The lowest BCUT2D eigenvalue weighted by Crippen LogP contribution is -2.44. The number of nitrogens with zero attached hydrogens (tertiary/aromatic N) is 3. The Hall–Kier alpha value is -1.33. The minimum atomic E-state index is -0.0892. The van der Waals surface area contributed by atoms with Gasteiger partial charge in [0.1, 0.15) is 5.82 Å². The van der Waals surface area contributed by atoms with Gasteiger partial charge in [0, 0.05) is 19.3 Å². The quantitative estimate of drug-likeness (QED) is 0.893. The zero-order valence-corrected chi connectivity index (χ0v) is 12.0. The van der Waals surface area contributed by atoms with Crippen LogP contribution in [0.4, 0.5) is 5.82 Å². The average molecular weight is 283 g/mol. The number of rotatable bonds is 2. The van der Waals surface area contributed by atoms with E-state index >= 15 is 0 Å². The van der Waals surface area contributed by atoms with Gasteiger partial charge in [0.25, 0.3) is 5.91 Å². The van der Waals surface area contributed by atoms with Crippen LogP contribution in [0.3, 0.4) is 0 Å². The van der Waals surface area contributed by atoms with Gasteiger partial charge in [-0.2, -0.15) is 0 Å². The van der Waals surface area contributed by atoms with Crippen LogP contribution in [0.1, 0.15) is 23.2 Å². The van der Waals surface area contributed by atoms with Gasteiger partial charge in [-0.15, -0.1) is 0 Å². The van der Waals surface area contributed by atoms with Crippen LogP contribution in [0.15, 0.2) is 12.3 Å². The standard InChI is InChI=1S/C13H19ClN4O/c1-17-5-3-9(4-6-17)18(2)13(19)10-7-12(15)16-8-11(10)14/h7-9H,3-6H2,1-2H3,(H2,15,16). The van der Waals surface area contributed by atoms with E-state index < -0.39 is 0 Å². The lowest BCUT2D eigenvalue weighted by atomic mass is 10.0. The number of pyridine rings is 1. The number of aromatic nitrogens is 1. The maximum absolute atomic E-state index is 12.4. The van der Waals surface area contributed by atoms with Crippen molar-refractivity contribution in [2.75, 3.05) is 32.9 Å². The van der Waals surface area contributed by atoms with E-state index in [2.05, 4.69) is 16.9 Å². The van der Waals surface area contributed by atoms with Crippen molar-refractivity contribution in [2.24, 2.45) is 0 Å². The fourth-order valence-electron chi connectivity index (χ4n) is 2.36. The number of anilines is 1. The SMILES string of the molecule is CN1CCC(N(C)C(=O)c2cc(N)ncc2Cl)CC1. The number of likely N-dealkylation sites (tertiary alicyclic amines) is 1. The third-order valence-electron chi connectivity index (χ3n) is 3.66. The van der Waals surface area contributed by atoms with Crippen molar-refractivity contribution in [3.05, 3.63) is 22.8 Å². The van der Waals surface area contributed by atoms with Gasteiger partial charge in [0.15, 0.2) is 0 Å². The van der Waals surface area contributed by atoms with Crippen LogP contribution in [0.2, 0.25) is 5.02 Å². The number of nitrogen functional groups attached to an aromatic ring is 1. The molecule has 0 aliphatic carbocycles. The zero-order valence-electron chi connectivity index (χ0n) is 11.3. The second-order valence-corrected chi connectivity index (χ2v) is 5.45. The highest BCUT2D eigenvalue weighted by molar-refractivity contribution is 6.33. The van der Waals surface area contributed by atoms with Crippen molar-refractivity contribution in [2.45, 2.75) is 18.9 Å². The fourth-order valence-corrected chi connectivity index (χ4v) is 2.54. The molecule has 0 spiro atoms. The van der Waals surface area contributed by atoms with Crippen molar-refractivity contribution in [1.82, 2.24) is 14.8 Å². The van der Waals surface area contributed by atoms with Gasteiger partial charge in [-0.3, -0.25) is 4.79 Å². The molecule has 0 aromatic carbocycles. The Kier molecular flexibility index (Phi) is 4.27. The molecule has 1 aliphatic rings. The first-order chi connectivity index (χ1) is 8.99. The van der Waals surface area contributed by atoms with E-state index in [-0.39, 0.29) is 11.9 Å². The molecule has 0 saturated carbocycles. The first kappa shape index (κ1) is 14.1. The van der Waals surface area contributed by atoms with Gasteiger partial charge in [0.2, 0.25) is 0 Å². The fraction of sp³-hybridized carbons (Fsp3) is 0.538. The monoisotopic (exact) mass is 282 g/mol. The molecular weight excluding hydrogens is 264 g/mol. The Morgan fingerprint density at radius 1 is 1.53 bits per heavy atom. The predicted octanol–water partition coefficient (Wildman–Crippen LogP) is 1.48. The lowest BCUT2D eigenvalue weighted by molar-refractivity contribution is 0.0659. The van der Waals surface area contributed by atoms with E-state index in [1.807, 2.05) is 7.05 Å². The number of halogens is 1. The third kappa shape index (κ3) is 3.16. The zero-order chi connectivity index (χ0) is 14.0. The van der Waals surface area contributed by atoms with Crippen molar-refractivity contribution in [3.8, 4) is 0 Å². The summed E-state index contributed by atoms with van der Waals surface area (Å²) < 4.78 is 0. The second-order valence-electron chi connectivity index (χ2n) is 5.04. The molecule has 1 aromatic heterocycles. The van der Waals surface area contributed by atoms with Crippen LogP contribution in [0.25, 0.3) is 0 Å². The largest absolute Gasteiger partial charge is 0.384 e. The first-order valence-electron chi connectivity index (χ1n) is 6.35. The smallest absolute Gasteiger partial charge is 0.255 e. The van der Waals surface area contributed by atoms with E-state index in [4.69, 9.17) is 17.3 Å². The summed E-state index contributed by atoms with van der Waals surface area (Å²) in [6.45, 7) is 2.02. The number of hydrogen-bond donors (Lipinski definition) is 1. The van der Waals surface area contributed by atoms with E-state index in [1.54, 1.807) is 4.90 Å². The highest BCUT2D eigenvalue weighted by Crippen LogP contribution is 2.21. The van der Waals surface area contributed by atoms with E-state index in [0.29, 0.717) is 16.4 Å². The Morgan fingerprint density at radius 2 is 2.16 bits per heavy atom. The molecular formula is C13H19ClN4O. The van der Waals surface area contributed by atoms with Crippen molar-refractivity contribution in [3.63, 3.8) is 0 Å². The van der Waals surface area contributed by atoms with Gasteiger partial charge in [-0.25, -0.2) is 4.98 Å². The van der Waals surface area contributed by atoms with Gasteiger partial charge in [-0.05, 0) is 39.0 Å². The third-order valence-corrected chi connectivity index (χ3v) is 3.96. The summed E-state index contributed by atoms with van der Waals surface area (Å²) in [6.07, 6.45) is 3.39. The predicted molar refractivity (Wildman–Crippen MR) is 76.3 cm³/mol. The van der Waals surface area contributed by atoms with Crippen LogP contribution in [0.5, 0.6) is 0 Å². The average Bonchev–Trinajstić information content (AvgIpc) is 2.41. The van der Waals surface area contributed by atoms with E-state index in [0.717, 1.165) is 25.9 Å².